The Morgan fingerprint density at radius 3 is 2.78 bits per heavy atom. The maximum atomic E-state index is 12.2. The van der Waals surface area contributed by atoms with Crippen molar-refractivity contribution in [1.29, 1.82) is 0 Å². The third kappa shape index (κ3) is 3.98. The summed E-state index contributed by atoms with van der Waals surface area (Å²) in [6.45, 7) is 8.58. The van der Waals surface area contributed by atoms with E-state index in [1.54, 1.807) is 4.90 Å². The third-order valence-electron chi connectivity index (χ3n) is 3.44. The van der Waals surface area contributed by atoms with Gasteiger partial charge in [-0.15, -0.1) is 0 Å². The van der Waals surface area contributed by atoms with Gasteiger partial charge in [0.1, 0.15) is 6.04 Å². The molecule has 5 heteroatoms. The molecule has 1 heterocycles. The van der Waals surface area contributed by atoms with Crippen molar-refractivity contribution in [2.45, 2.75) is 39.7 Å². The second kappa shape index (κ2) is 7.36. The minimum Gasteiger partial charge on any atom is -0.355 e. The molecule has 1 fully saturated rings. The van der Waals surface area contributed by atoms with Gasteiger partial charge in [-0.2, -0.15) is 0 Å². The highest BCUT2D eigenvalue weighted by atomic mass is 16.2. The zero-order chi connectivity index (χ0) is 13.5. The van der Waals surface area contributed by atoms with Crippen LogP contribution in [0.3, 0.4) is 0 Å². The van der Waals surface area contributed by atoms with Crippen LogP contribution in [0.25, 0.3) is 0 Å². The van der Waals surface area contributed by atoms with Crippen molar-refractivity contribution in [3.8, 4) is 0 Å². The van der Waals surface area contributed by atoms with Crippen molar-refractivity contribution < 1.29 is 9.59 Å². The highest BCUT2D eigenvalue weighted by molar-refractivity contribution is 5.88. The molecule has 104 valence electrons. The Morgan fingerprint density at radius 1 is 1.44 bits per heavy atom. The molecule has 0 aliphatic carbocycles. The zero-order valence-electron chi connectivity index (χ0n) is 11.7. The standard InChI is InChI=1S/C13H25N3O2/c1-4-10(3)8-12(17)16-7-6-14-9-11(16)13(18)15-5-2/h10-11,14H,4-9H2,1-3H3,(H,15,18). The SMILES string of the molecule is CCNC(=O)C1CNCCN1C(=O)CC(C)CC. The fourth-order valence-corrected chi connectivity index (χ4v) is 2.09. The van der Waals surface area contributed by atoms with E-state index in [4.69, 9.17) is 0 Å². The number of amides is 2. The first-order chi connectivity index (χ1) is 8.60. The van der Waals surface area contributed by atoms with E-state index in [2.05, 4.69) is 24.5 Å². The van der Waals surface area contributed by atoms with Crippen LogP contribution in [0.15, 0.2) is 0 Å². The molecule has 0 bridgehead atoms. The summed E-state index contributed by atoms with van der Waals surface area (Å²) in [4.78, 5) is 25.9. The van der Waals surface area contributed by atoms with E-state index in [1.807, 2.05) is 6.92 Å². The first-order valence-electron chi connectivity index (χ1n) is 6.88. The summed E-state index contributed by atoms with van der Waals surface area (Å²) in [5.41, 5.74) is 0. The van der Waals surface area contributed by atoms with Gasteiger partial charge in [-0.05, 0) is 12.8 Å². The topological polar surface area (TPSA) is 61.4 Å². The van der Waals surface area contributed by atoms with Gasteiger partial charge in [0.2, 0.25) is 11.8 Å². The second-order valence-corrected chi connectivity index (χ2v) is 4.92. The Morgan fingerprint density at radius 2 is 2.17 bits per heavy atom. The zero-order valence-corrected chi connectivity index (χ0v) is 11.7. The molecular weight excluding hydrogens is 230 g/mol. The van der Waals surface area contributed by atoms with E-state index in [1.165, 1.54) is 0 Å². The van der Waals surface area contributed by atoms with Crippen LogP contribution in [0.2, 0.25) is 0 Å². The first-order valence-corrected chi connectivity index (χ1v) is 6.88. The molecule has 1 aliphatic rings. The van der Waals surface area contributed by atoms with Gasteiger partial charge < -0.3 is 15.5 Å². The quantitative estimate of drug-likeness (QED) is 0.745. The summed E-state index contributed by atoms with van der Waals surface area (Å²) in [5, 5.41) is 5.97. The average molecular weight is 255 g/mol. The average Bonchev–Trinajstić information content (AvgIpc) is 2.38. The van der Waals surface area contributed by atoms with Crippen molar-refractivity contribution in [3.63, 3.8) is 0 Å². The fourth-order valence-electron chi connectivity index (χ4n) is 2.09. The highest BCUT2D eigenvalue weighted by Crippen LogP contribution is 2.12. The molecule has 0 spiro atoms. The van der Waals surface area contributed by atoms with Crippen molar-refractivity contribution in [3.05, 3.63) is 0 Å². The molecule has 2 unspecified atom stereocenters. The molecule has 0 aromatic rings. The van der Waals surface area contributed by atoms with Crippen LogP contribution in [-0.2, 0) is 9.59 Å². The van der Waals surface area contributed by atoms with Crippen molar-refractivity contribution in [2.24, 2.45) is 5.92 Å². The van der Waals surface area contributed by atoms with Gasteiger partial charge in [-0.25, -0.2) is 0 Å². The predicted octanol–water partition coefficient (Wildman–Crippen LogP) is 0.359. The van der Waals surface area contributed by atoms with Gasteiger partial charge in [0, 0.05) is 32.6 Å². The highest BCUT2D eigenvalue weighted by Gasteiger charge is 2.31. The minimum absolute atomic E-state index is 0.0535. The summed E-state index contributed by atoms with van der Waals surface area (Å²) < 4.78 is 0. The Balaban J connectivity index is 2.63. The molecule has 5 nitrogen and oxygen atoms in total. The van der Waals surface area contributed by atoms with Crippen LogP contribution in [-0.4, -0.2) is 48.9 Å². The monoisotopic (exact) mass is 255 g/mol. The lowest BCUT2D eigenvalue weighted by Gasteiger charge is -2.35. The van der Waals surface area contributed by atoms with Crippen molar-refractivity contribution >= 4 is 11.8 Å². The predicted molar refractivity (Wildman–Crippen MR) is 71.1 cm³/mol. The number of likely N-dealkylation sites (N-methyl/N-ethyl adjacent to an activating group) is 1. The molecule has 0 radical (unpaired) electrons. The van der Waals surface area contributed by atoms with Gasteiger partial charge in [0.05, 0.1) is 0 Å². The molecule has 0 aromatic carbocycles. The normalized spacial score (nSPS) is 21.5. The summed E-state index contributed by atoms with van der Waals surface area (Å²) in [5.74, 6) is 0.423. The third-order valence-corrected chi connectivity index (χ3v) is 3.44. The number of hydrogen-bond acceptors (Lipinski definition) is 3. The number of rotatable bonds is 5. The lowest BCUT2D eigenvalue weighted by molar-refractivity contribution is -0.142. The maximum absolute atomic E-state index is 12.2. The molecule has 1 aliphatic heterocycles. The van der Waals surface area contributed by atoms with Gasteiger partial charge in [0.25, 0.3) is 0 Å². The van der Waals surface area contributed by atoms with E-state index >= 15 is 0 Å². The number of nitrogens with zero attached hydrogens (tertiary/aromatic N) is 1. The van der Waals surface area contributed by atoms with Gasteiger partial charge >= 0.3 is 0 Å². The van der Waals surface area contributed by atoms with Crippen LogP contribution in [0, 0.1) is 5.92 Å². The molecule has 0 aromatic heterocycles. The van der Waals surface area contributed by atoms with Crippen molar-refractivity contribution in [2.75, 3.05) is 26.2 Å². The van der Waals surface area contributed by atoms with E-state index < -0.39 is 0 Å². The number of carbonyl (C=O) groups excluding carboxylic acids is 2. The summed E-state index contributed by atoms with van der Waals surface area (Å²) in [6, 6.07) is -0.352. The van der Waals surface area contributed by atoms with Crippen LogP contribution in [0.5, 0.6) is 0 Å². The van der Waals surface area contributed by atoms with Gasteiger partial charge in [-0.1, -0.05) is 20.3 Å². The lowest BCUT2D eigenvalue weighted by Crippen LogP contribution is -2.59. The van der Waals surface area contributed by atoms with Crippen LogP contribution < -0.4 is 10.6 Å². The maximum Gasteiger partial charge on any atom is 0.244 e. The minimum atomic E-state index is -0.352. The summed E-state index contributed by atoms with van der Waals surface area (Å²) in [6.07, 6.45) is 1.52. The number of carbonyl (C=O) groups is 2. The second-order valence-electron chi connectivity index (χ2n) is 4.92. The molecule has 18 heavy (non-hydrogen) atoms. The Kier molecular flexibility index (Phi) is 6.12. The van der Waals surface area contributed by atoms with Crippen molar-refractivity contribution in [1.82, 2.24) is 15.5 Å². The number of piperazine rings is 1. The van der Waals surface area contributed by atoms with Gasteiger partial charge in [-0.3, -0.25) is 9.59 Å². The van der Waals surface area contributed by atoms with Crippen LogP contribution in [0.1, 0.15) is 33.6 Å². The van der Waals surface area contributed by atoms with E-state index in [9.17, 15) is 9.59 Å². The fraction of sp³-hybridized carbons (Fsp3) is 0.846. The van der Waals surface area contributed by atoms with E-state index in [-0.39, 0.29) is 17.9 Å². The number of nitrogens with one attached hydrogen (secondary N) is 2. The molecule has 2 atom stereocenters. The smallest absolute Gasteiger partial charge is 0.244 e. The Labute approximate surface area is 109 Å². The number of hydrogen-bond donors (Lipinski definition) is 2. The van der Waals surface area contributed by atoms with Crippen LogP contribution >= 0.6 is 0 Å². The summed E-state index contributed by atoms with van der Waals surface area (Å²) >= 11 is 0. The molecule has 0 saturated carbocycles. The Hall–Kier alpha value is -1.10. The first kappa shape index (κ1) is 15.0. The summed E-state index contributed by atoms with van der Waals surface area (Å²) in [7, 11) is 0. The molecule has 1 rings (SSSR count). The largest absolute Gasteiger partial charge is 0.355 e. The molecule has 1 saturated heterocycles. The molecule has 2 amide bonds. The Bertz CT molecular complexity index is 294. The molecule has 2 N–H and O–H groups in total. The van der Waals surface area contributed by atoms with E-state index in [0.29, 0.717) is 32.0 Å². The van der Waals surface area contributed by atoms with Gasteiger partial charge in [0.15, 0.2) is 0 Å². The lowest BCUT2D eigenvalue weighted by atomic mass is 10.0. The van der Waals surface area contributed by atoms with E-state index in [0.717, 1.165) is 13.0 Å². The molecular formula is C13H25N3O2. The van der Waals surface area contributed by atoms with Crippen LogP contribution in [0.4, 0.5) is 0 Å².